The maximum absolute atomic E-state index is 13.6. The molecule has 1 aliphatic heterocycles. The molecule has 2 rings (SSSR count). The number of halogens is 1. The summed E-state index contributed by atoms with van der Waals surface area (Å²) < 4.78 is 18.4. The van der Waals surface area contributed by atoms with E-state index in [9.17, 15) is 14.3 Å². The molecule has 5 heteroatoms. The molecule has 0 aliphatic carbocycles. The number of hydrogen-bond donors (Lipinski definition) is 1. The van der Waals surface area contributed by atoms with E-state index in [-0.39, 0.29) is 17.6 Å². The van der Waals surface area contributed by atoms with Crippen LogP contribution in [0.15, 0.2) is 18.2 Å². The molecule has 2 atom stereocenters. The van der Waals surface area contributed by atoms with E-state index < -0.39 is 11.9 Å². The number of amides is 1. The van der Waals surface area contributed by atoms with Crippen LogP contribution in [0.25, 0.3) is 0 Å². The van der Waals surface area contributed by atoms with Crippen LogP contribution in [-0.2, 0) is 0 Å². The van der Waals surface area contributed by atoms with E-state index in [0.717, 1.165) is 6.42 Å². The predicted octanol–water partition coefficient (Wildman–Crippen LogP) is 1.68. The van der Waals surface area contributed by atoms with Crippen molar-refractivity contribution < 1.29 is 19.0 Å². The lowest BCUT2D eigenvalue weighted by Gasteiger charge is -2.18. The lowest BCUT2D eigenvalue weighted by Crippen LogP contribution is -2.30. The third kappa shape index (κ3) is 2.87. The molecule has 0 radical (unpaired) electrons. The van der Waals surface area contributed by atoms with E-state index in [1.807, 2.05) is 0 Å². The molecule has 0 spiro atoms. The third-order valence-electron chi connectivity index (χ3n) is 3.59. The standard InChI is InChI=1S/C14H18FNO3/c1-9(17)11-5-6-16(8-11)14(18)10-3-4-13(19-2)12(15)7-10/h3-4,7,9,11,17H,5-6,8H2,1-2H3. The Morgan fingerprint density at radius 1 is 1.58 bits per heavy atom. The van der Waals surface area contributed by atoms with E-state index in [0.29, 0.717) is 18.7 Å². The Kier molecular flexibility index (Phi) is 4.04. The highest BCUT2D eigenvalue weighted by Crippen LogP contribution is 2.23. The topological polar surface area (TPSA) is 49.8 Å². The zero-order valence-corrected chi connectivity index (χ0v) is 11.1. The van der Waals surface area contributed by atoms with Crippen LogP contribution in [0.3, 0.4) is 0 Å². The fourth-order valence-corrected chi connectivity index (χ4v) is 2.35. The molecular weight excluding hydrogens is 249 g/mol. The Labute approximate surface area is 111 Å². The molecule has 1 amide bonds. The average molecular weight is 267 g/mol. The van der Waals surface area contributed by atoms with Gasteiger partial charge < -0.3 is 14.7 Å². The maximum atomic E-state index is 13.6. The average Bonchev–Trinajstić information content (AvgIpc) is 2.87. The number of hydrogen-bond acceptors (Lipinski definition) is 3. The van der Waals surface area contributed by atoms with Gasteiger partial charge in [0, 0.05) is 24.6 Å². The number of carbonyl (C=O) groups excluding carboxylic acids is 1. The van der Waals surface area contributed by atoms with Crippen LogP contribution >= 0.6 is 0 Å². The van der Waals surface area contributed by atoms with Gasteiger partial charge in [-0.2, -0.15) is 0 Å². The van der Waals surface area contributed by atoms with Gasteiger partial charge in [-0.05, 0) is 31.5 Å². The lowest BCUT2D eigenvalue weighted by molar-refractivity contribution is 0.0762. The van der Waals surface area contributed by atoms with Crippen molar-refractivity contribution in [3.8, 4) is 5.75 Å². The molecule has 1 fully saturated rings. The molecule has 1 aromatic rings. The van der Waals surface area contributed by atoms with E-state index in [1.165, 1.54) is 19.2 Å². The van der Waals surface area contributed by atoms with Crippen LogP contribution in [0.4, 0.5) is 4.39 Å². The van der Waals surface area contributed by atoms with Gasteiger partial charge in [-0.1, -0.05) is 0 Å². The van der Waals surface area contributed by atoms with Crippen LogP contribution in [0.2, 0.25) is 0 Å². The molecule has 1 saturated heterocycles. The first-order valence-corrected chi connectivity index (χ1v) is 6.33. The van der Waals surface area contributed by atoms with Gasteiger partial charge in [-0.25, -0.2) is 4.39 Å². The second-order valence-corrected chi connectivity index (χ2v) is 4.89. The Hall–Kier alpha value is -1.62. The Morgan fingerprint density at radius 3 is 2.84 bits per heavy atom. The third-order valence-corrected chi connectivity index (χ3v) is 3.59. The van der Waals surface area contributed by atoms with E-state index in [4.69, 9.17) is 4.74 Å². The van der Waals surface area contributed by atoms with E-state index in [2.05, 4.69) is 0 Å². The number of benzene rings is 1. The summed E-state index contributed by atoms with van der Waals surface area (Å²) in [4.78, 5) is 13.9. The fraction of sp³-hybridized carbons (Fsp3) is 0.500. The molecule has 1 heterocycles. The first-order chi connectivity index (χ1) is 9.02. The first kappa shape index (κ1) is 13.8. The van der Waals surface area contributed by atoms with Gasteiger partial charge in [-0.3, -0.25) is 4.79 Å². The normalized spacial score (nSPS) is 20.4. The molecule has 1 aliphatic rings. The summed E-state index contributed by atoms with van der Waals surface area (Å²) >= 11 is 0. The zero-order valence-electron chi connectivity index (χ0n) is 11.1. The largest absolute Gasteiger partial charge is 0.494 e. The van der Waals surface area contributed by atoms with Gasteiger partial charge in [0.2, 0.25) is 0 Å². The maximum Gasteiger partial charge on any atom is 0.253 e. The summed E-state index contributed by atoms with van der Waals surface area (Å²) in [6.07, 6.45) is 0.354. The summed E-state index contributed by atoms with van der Waals surface area (Å²) in [5.74, 6) is -0.517. The highest BCUT2D eigenvalue weighted by atomic mass is 19.1. The number of aliphatic hydroxyl groups is 1. The summed E-state index contributed by atoms with van der Waals surface area (Å²) in [7, 11) is 1.38. The van der Waals surface area contributed by atoms with Crippen LogP contribution in [0, 0.1) is 11.7 Å². The SMILES string of the molecule is COc1ccc(C(=O)N2CCC(C(C)O)C2)cc1F. The zero-order chi connectivity index (χ0) is 14.0. The molecule has 0 saturated carbocycles. The van der Waals surface area contributed by atoms with Crippen molar-refractivity contribution in [1.29, 1.82) is 0 Å². The van der Waals surface area contributed by atoms with Gasteiger partial charge in [0.15, 0.2) is 11.6 Å². The van der Waals surface area contributed by atoms with Crippen LogP contribution in [-0.4, -0.2) is 42.2 Å². The molecule has 104 valence electrons. The molecule has 4 nitrogen and oxygen atoms in total. The number of nitrogens with zero attached hydrogens (tertiary/aromatic N) is 1. The predicted molar refractivity (Wildman–Crippen MR) is 68.6 cm³/mol. The van der Waals surface area contributed by atoms with Crippen molar-refractivity contribution in [3.05, 3.63) is 29.6 Å². The van der Waals surface area contributed by atoms with Crippen molar-refractivity contribution in [2.75, 3.05) is 20.2 Å². The quantitative estimate of drug-likeness (QED) is 0.906. The summed E-state index contributed by atoms with van der Waals surface area (Å²) in [5, 5.41) is 9.52. The van der Waals surface area contributed by atoms with Crippen molar-refractivity contribution >= 4 is 5.91 Å². The van der Waals surface area contributed by atoms with Crippen LogP contribution in [0.5, 0.6) is 5.75 Å². The molecule has 0 bridgehead atoms. The first-order valence-electron chi connectivity index (χ1n) is 6.33. The summed E-state index contributed by atoms with van der Waals surface area (Å²) in [6.45, 7) is 2.85. The fourth-order valence-electron chi connectivity index (χ4n) is 2.35. The monoisotopic (exact) mass is 267 g/mol. The second-order valence-electron chi connectivity index (χ2n) is 4.89. The lowest BCUT2D eigenvalue weighted by atomic mass is 10.0. The minimum absolute atomic E-state index is 0.104. The smallest absolute Gasteiger partial charge is 0.253 e. The van der Waals surface area contributed by atoms with Crippen LogP contribution < -0.4 is 4.74 Å². The van der Waals surface area contributed by atoms with Gasteiger partial charge in [-0.15, -0.1) is 0 Å². The number of carbonyl (C=O) groups is 1. The highest BCUT2D eigenvalue weighted by Gasteiger charge is 2.29. The van der Waals surface area contributed by atoms with Gasteiger partial charge in [0.25, 0.3) is 5.91 Å². The number of methoxy groups -OCH3 is 1. The van der Waals surface area contributed by atoms with Gasteiger partial charge in [0.05, 0.1) is 13.2 Å². The summed E-state index contributed by atoms with van der Waals surface area (Å²) in [5.41, 5.74) is 0.310. The highest BCUT2D eigenvalue weighted by molar-refractivity contribution is 5.94. The number of aliphatic hydroxyl groups excluding tert-OH is 1. The minimum Gasteiger partial charge on any atom is -0.494 e. The second kappa shape index (κ2) is 5.57. The van der Waals surface area contributed by atoms with Crippen molar-refractivity contribution in [2.24, 2.45) is 5.92 Å². The molecule has 19 heavy (non-hydrogen) atoms. The van der Waals surface area contributed by atoms with Crippen molar-refractivity contribution in [3.63, 3.8) is 0 Å². The van der Waals surface area contributed by atoms with Crippen molar-refractivity contribution in [2.45, 2.75) is 19.4 Å². The number of ether oxygens (including phenoxy) is 1. The Balaban J connectivity index is 2.10. The molecule has 2 unspecified atom stereocenters. The molecular formula is C14H18FNO3. The Bertz CT molecular complexity index is 476. The number of rotatable bonds is 3. The molecule has 1 N–H and O–H groups in total. The Morgan fingerprint density at radius 2 is 2.32 bits per heavy atom. The van der Waals surface area contributed by atoms with Crippen LogP contribution in [0.1, 0.15) is 23.7 Å². The van der Waals surface area contributed by atoms with Crippen molar-refractivity contribution in [1.82, 2.24) is 4.90 Å². The van der Waals surface area contributed by atoms with E-state index in [1.54, 1.807) is 17.9 Å². The van der Waals surface area contributed by atoms with E-state index >= 15 is 0 Å². The van der Waals surface area contributed by atoms with Gasteiger partial charge in [0.1, 0.15) is 0 Å². The molecule has 1 aromatic carbocycles. The number of likely N-dealkylation sites (tertiary alicyclic amines) is 1. The summed E-state index contributed by atoms with van der Waals surface area (Å²) in [6, 6.07) is 4.20. The minimum atomic E-state index is -0.542. The van der Waals surface area contributed by atoms with Gasteiger partial charge >= 0.3 is 0 Å². The molecule has 0 aromatic heterocycles.